The number of halogens is 1. The summed E-state index contributed by atoms with van der Waals surface area (Å²) in [6.45, 7) is 3.26. The molecule has 0 saturated heterocycles. The van der Waals surface area contributed by atoms with E-state index < -0.39 is 12.0 Å². The molecule has 0 aromatic heterocycles. The lowest BCUT2D eigenvalue weighted by atomic mass is 9.98. The fraction of sp³-hybridized carbons (Fsp3) is 0.300. The van der Waals surface area contributed by atoms with E-state index >= 15 is 0 Å². The molecule has 15 heavy (non-hydrogen) atoms. The number of rotatable bonds is 2. The van der Waals surface area contributed by atoms with Crippen LogP contribution in [-0.4, -0.2) is 16.2 Å². The second kappa shape index (κ2) is 4.08. The number of aromatic hydroxyl groups is 1. The van der Waals surface area contributed by atoms with Crippen LogP contribution in [0.1, 0.15) is 22.7 Å². The standard InChI is InChI=1S/C10H12ClNO3/c1-4-3-6(8(12)10(14)15)5(2)9(13)7(4)11/h3,8,13H,12H2,1-2H3,(H,14,15). The molecule has 0 heterocycles. The first-order valence-corrected chi connectivity index (χ1v) is 4.71. The lowest BCUT2D eigenvalue weighted by molar-refractivity contribution is -0.138. The molecule has 0 amide bonds. The highest BCUT2D eigenvalue weighted by Gasteiger charge is 2.20. The molecule has 0 bridgehead atoms. The minimum Gasteiger partial charge on any atom is -0.506 e. The fourth-order valence-corrected chi connectivity index (χ4v) is 1.55. The summed E-state index contributed by atoms with van der Waals surface area (Å²) in [5, 5.41) is 18.6. The summed E-state index contributed by atoms with van der Waals surface area (Å²) in [6.07, 6.45) is 0. The molecule has 1 aromatic carbocycles. The molecule has 1 rings (SSSR count). The molecule has 0 aliphatic rings. The predicted molar refractivity (Wildman–Crippen MR) is 57.2 cm³/mol. The average Bonchev–Trinajstić information content (AvgIpc) is 2.19. The molecule has 5 heteroatoms. The molecule has 0 spiro atoms. The predicted octanol–water partition coefficient (Wildman–Crippen LogP) is 1.75. The van der Waals surface area contributed by atoms with Gasteiger partial charge in [-0.1, -0.05) is 17.7 Å². The van der Waals surface area contributed by atoms with Crippen molar-refractivity contribution in [1.29, 1.82) is 0 Å². The van der Waals surface area contributed by atoms with Crippen molar-refractivity contribution in [2.75, 3.05) is 0 Å². The Hall–Kier alpha value is -1.26. The Bertz CT molecular complexity index is 418. The third kappa shape index (κ3) is 2.06. The summed E-state index contributed by atoms with van der Waals surface area (Å²) < 4.78 is 0. The van der Waals surface area contributed by atoms with Gasteiger partial charge in [0, 0.05) is 0 Å². The Morgan fingerprint density at radius 1 is 1.53 bits per heavy atom. The van der Waals surface area contributed by atoms with Gasteiger partial charge in [-0.05, 0) is 30.5 Å². The van der Waals surface area contributed by atoms with Crippen molar-refractivity contribution in [1.82, 2.24) is 0 Å². The van der Waals surface area contributed by atoms with E-state index in [9.17, 15) is 9.90 Å². The number of phenols is 1. The Balaban J connectivity index is 3.38. The van der Waals surface area contributed by atoms with E-state index in [1.165, 1.54) is 0 Å². The molecule has 82 valence electrons. The van der Waals surface area contributed by atoms with Crippen LogP contribution in [0.3, 0.4) is 0 Å². The molecule has 0 aliphatic carbocycles. The molecule has 0 fully saturated rings. The van der Waals surface area contributed by atoms with Crippen molar-refractivity contribution >= 4 is 17.6 Å². The minimum atomic E-state index is -1.15. The van der Waals surface area contributed by atoms with E-state index in [-0.39, 0.29) is 10.8 Å². The Morgan fingerprint density at radius 2 is 2.07 bits per heavy atom. The highest BCUT2D eigenvalue weighted by atomic mass is 35.5. The number of aliphatic carboxylic acids is 1. The highest BCUT2D eigenvalue weighted by Crippen LogP contribution is 2.34. The lowest BCUT2D eigenvalue weighted by Gasteiger charge is -2.14. The Kier molecular flexibility index (Phi) is 3.21. The summed E-state index contributed by atoms with van der Waals surface area (Å²) in [7, 11) is 0. The first kappa shape index (κ1) is 11.8. The van der Waals surface area contributed by atoms with E-state index in [4.69, 9.17) is 22.4 Å². The summed E-state index contributed by atoms with van der Waals surface area (Å²) in [6, 6.07) is 0.433. The number of nitrogens with two attached hydrogens (primary N) is 1. The number of benzene rings is 1. The van der Waals surface area contributed by atoms with Crippen LogP contribution < -0.4 is 5.73 Å². The van der Waals surface area contributed by atoms with Gasteiger partial charge >= 0.3 is 5.97 Å². The fourth-order valence-electron chi connectivity index (χ4n) is 1.35. The van der Waals surface area contributed by atoms with Crippen LogP contribution in [0.15, 0.2) is 6.07 Å². The maximum atomic E-state index is 10.7. The van der Waals surface area contributed by atoms with Gasteiger partial charge in [0.25, 0.3) is 0 Å². The number of aryl methyl sites for hydroxylation is 1. The molecule has 4 nitrogen and oxygen atoms in total. The highest BCUT2D eigenvalue weighted by molar-refractivity contribution is 6.32. The third-order valence-electron chi connectivity index (χ3n) is 2.32. The number of carboxylic acids is 1. The van der Waals surface area contributed by atoms with Crippen LogP contribution >= 0.6 is 11.6 Å². The summed E-state index contributed by atoms with van der Waals surface area (Å²) in [4.78, 5) is 10.7. The van der Waals surface area contributed by atoms with Crippen LogP contribution in [-0.2, 0) is 4.79 Å². The van der Waals surface area contributed by atoms with Gasteiger partial charge in [-0.15, -0.1) is 0 Å². The van der Waals surface area contributed by atoms with Crippen molar-refractivity contribution in [2.45, 2.75) is 19.9 Å². The van der Waals surface area contributed by atoms with Crippen molar-refractivity contribution in [3.8, 4) is 5.75 Å². The second-order valence-corrected chi connectivity index (χ2v) is 3.76. The maximum Gasteiger partial charge on any atom is 0.325 e. The molecular formula is C10H12ClNO3. The zero-order valence-electron chi connectivity index (χ0n) is 8.41. The van der Waals surface area contributed by atoms with E-state index in [1.54, 1.807) is 19.9 Å². The van der Waals surface area contributed by atoms with Crippen molar-refractivity contribution in [3.05, 3.63) is 27.8 Å². The quantitative estimate of drug-likeness (QED) is 0.721. The van der Waals surface area contributed by atoms with Gasteiger partial charge < -0.3 is 15.9 Å². The molecule has 0 radical (unpaired) electrons. The third-order valence-corrected chi connectivity index (χ3v) is 2.79. The summed E-state index contributed by atoms with van der Waals surface area (Å²) in [5.41, 5.74) is 6.86. The summed E-state index contributed by atoms with van der Waals surface area (Å²) in [5.74, 6) is -1.25. The number of hydrogen-bond acceptors (Lipinski definition) is 3. The number of carbonyl (C=O) groups is 1. The van der Waals surface area contributed by atoms with Crippen LogP contribution in [0.25, 0.3) is 0 Å². The molecule has 1 atom stereocenters. The van der Waals surface area contributed by atoms with E-state index in [2.05, 4.69) is 0 Å². The molecule has 0 saturated carbocycles. The van der Waals surface area contributed by atoms with Gasteiger partial charge in [-0.2, -0.15) is 0 Å². The van der Waals surface area contributed by atoms with Crippen molar-refractivity contribution in [3.63, 3.8) is 0 Å². The lowest BCUT2D eigenvalue weighted by Crippen LogP contribution is -2.21. The van der Waals surface area contributed by atoms with Gasteiger partial charge in [0.1, 0.15) is 11.8 Å². The van der Waals surface area contributed by atoms with Crippen molar-refractivity contribution in [2.24, 2.45) is 5.73 Å². The van der Waals surface area contributed by atoms with Crippen molar-refractivity contribution < 1.29 is 15.0 Å². The van der Waals surface area contributed by atoms with Gasteiger partial charge in [0.2, 0.25) is 0 Å². The normalized spacial score (nSPS) is 12.5. The second-order valence-electron chi connectivity index (χ2n) is 3.39. The van der Waals surface area contributed by atoms with Gasteiger partial charge in [0.05, 0.1) is 5.02 Å². The zero-order valence-corrected chi connectivity index (χ0v) is 9.17. The van der Waals surface area contributed by atoms with Crippen LogP contribution in [0, 0.1) is 13.8 Å². The topological polar surface area (TPSA) is 83.6 Å². The van der Waals surface area contributed by atoms with E-state index in [1.807, 2.05) is 0 Å². The smallest absolute Gasteiger partial charge is 0.325 e. The van der Waals surface area contributed by atoms with Gasteiger partial charge in [-0.25, -0.2) is 0 Å². The number of hydrogen-bond donors (Lipinski definition) is 3. The molecular weight excluding hydrogens is 218 g/mol. The van der Waals surface area contributed by atoms with E-state index in [0.29, 0.717) is 16.7 Å². The summed E-state index contributed by atoms with van der Waals surface area (Å²) >= 11 is 5.80. The molecule has 4 N–H and O–H groups in total. The molecule has 1 unspecified atom stereocenters. The first-order valence-electron chi connectivity index (χ1n) is 4.33. The Labute approximate surface area is 92.3 Å². The van der Waals surface area contributed by atoms with Crippen LogP contribution in [0.2, 0.25) is 5.02 Å². The first-order chi connectivity index (χ1) is 6.86. The number of carboxylic acid groups (broad SMARTS) is 1. The Morgan fingerprint density at radius 3 is 2.53 bits per heavy atom. The van der Waals surface area contributed by atoms with E-state index in [0.717, 1.165) is 0 Å². The zero-order chi connectivity index (χ0) is 11.7. The van der Waals surface area contributed by atoms with Gasteiger partial charge in [-0.3, -0.25) is 4.79 Å². The van der Waals surface area contributed by atoms with Crippen LogP contribution in [0.5, 0.6) is 5.75 Å². The molecule has 0 aliphatic heterocycles. The maximum absolute atomic E-state index is 10.7. The SMILES string of the molecule is Cc1cc(C(N)C(=O)O)c(C)c(O)c1Cl. The number of phenolic OH excluding ortho intramolecular Hbond substituents is 1. The largest absolute Gasteiger partial charge is 0.506 e. The average molecular weight is 230 g/mol. The molecule has 1 aromatic rings. The monoisotopic (exact) mass is 229 g/mol. The minimum absolute atomic E-state index is 0.108. The van der Waals surface area contributed by atoms with Gasteiger partial charge in [0.15, 0.2) is 0 Å². The van der Waals surface area contributed by atoms with Crippen LogP contribution in [0.4, 0.5) is 0 Å².